The van der Waals surface area contributed by atoms with Crippen molar-refractivity contribution in [2.75, 3.05) is 17.6 Å². The molecule has 2 atom stereocenters. The Morgan fingerprint density at radius 2 is 2.14 bits per heavy atom. The van der Waals surface area contributed by atoms with Gasteiger partial charge in [0.15, 0.2) is 4.34 Å². The molecule has 2 rings (SSSR count). The van der Waals surface area contributed by atoms with E-state index < -0.39 is 0 Å². The van der Waals surface area contributed by atoms with E-state index in [1.807, 2.05) is 0 Å². The number of aromatic nitrogens is 2. The van der Waals surface area contributed by atoms with E-state index in [9.17, 15) is 4.79 Å². The van der Waals surface area contributed by atoms with E-state index in [4.69, 9.17) is 0 Å². The first kappa shape index (κ1) is 17.5. The quantitative estimate of drug-likeness (QED) is 0.744. The van der Waals surface area contributed by atoms with Crippen LogP contribution < -0.4 is 10.6 Å². The van der Waals surface area contributed by atoms with Gasteiger partial charge in [-0.05, 0) is 24.7 Å². The second kappa shape index (κ2) is 8.72. The smallest absolute Gasteiger partial charge is 0.230 e. The molecule has 124 valence electrons. The summed E-state index contributed by atoms with van der Waals surface area (Å²) in [6.07, 6.45) is 4.85. The van der Waals surface area contributed by atoms with Crippen LogP contribution in [-0.4, -0.2) is 34.4 Å². The SMILES string of the molecule is CC(C)CNc1nnc(SCC(=O)NC2CCCCC2C)s1. The minimum Gasteiger partial charge on any atom is -0.360 e. The predicted molar refractivity (Wildman–Crippen MR) is 93.5 cm³/mol. The first-order valence-electron chi connectivity index (χ1n) is 8.04. The summed E-state index contributed by atoms with van der Waals surface area (Å²) in [5.41, 5.74) is 0. The maximum atomic E-state index is 12.1. The van der Waals surface area contributed by atoms with E-state index in [0.29, 0.717) is 23.6 Å². The monoisotopic (exact) mass is 342 g/mol. The Kier molecular flexibility index (Phi) is 6.95. The van der Waals surface area contributed by atoms with Crippen molar-refractivity contribution in [3.8, 4) is 0 Å². The second-order valence-corrected chi connectivity index (χ2v) is 8.57. The number of thioether (sulfide) groups is 1. The molecule has 1 aromatic heterocycles. The van der Waals surface area contributed by atoms with Crippen molar-refractivity contribution in [1.29, 1.82) is 0 Å². The summed E-state index contributed by atoms with van der Waals surface area (Å²) in [5.74, 6) is 1.69. The molecule has 1 saturated carbocycles. The maximum absolute atomic E-state index is 12.1. The molecule has 2 N–H and O–H groups in total. The fourth-order valence-electron chi connectivity index (χ4n) is 2.54. The number of carbonyl (C=O) groups excluding carboxylic acids is 1. The van der Waals surface area contributed by atoms with Crippen molar-refractivity contribution in [1.82, 2.24) is 15.5 Å². The molecule has 1 aliphatic carbocycles. The molecule has 0 saturated heterocycles. The molecule has 22 heavy (non-hydrogen) atoms. The van der Waals surface area contributed by atoms with Gasteiger partial charge in [-0.25, -0.2) is 0 Å². The Morgan fingerprint density at radius 1 is 1.36 bits per heavy atom. The summed E-state index contributed by atoms with van der Waals surface area (Å²) in [4.78, 5) is 12.1. The van der Waals surface area contributed by atoms with Crippen LogP contribution in [0.25, 0.3) is 0 Å². The number of hydrogen-bond donors (Lipinski definition) is 2. The molecule has 1 amide bonds. The zero-order chi connectivity index (χ0) is 15.9. The minimum atomic E-state index is 0.107. The molecule has 5 nitrogen and oxygen atoms in total. The van der Waals surface area contributed by atoms with Crippen molar-refractivity contribution >= 4 is 34.1 Å². The lowest BCUT2D eigenvalue weighted by molar-refractivity contribution is -0.119. The molecule has 1 fully saturated rings. The molecule has 1 aromatic rings. The van der Waals surface area contributed by atoms with Crippen LogP contribution >= 0.6 is 23.1 Å². The summed E-state index contributed by atoms with van der Waals surface area (Å²) < 4.78 is 0.845. The molecular formula is C15H26N4OS2. The lowest BCUT2D eigenvalue weighted by Gasteiger charge is -2.29. The van der Waals surface area contributed by atoms with Crippen LogP contribution in [0.4, 0.5) is 5.13 Å². The number of rotatable bonds is 7. The van der Waals surface area contributed by atoms with Gasteiger partial charge < -0.3 is 10.6 Å². The fourth-order valence-corrected chi connectivity index (χ4v) is 4.11. The summed E-state index contributed by atoms with van der Waals surface area (Å²) in [6.45, 7) is 7.43. The van der Waals surface area contributed by atoms with Gasteiger partial charge in [-0.15, -0.1) is 10.2 Å². The number of nitrogens with zero attached hydrogens (tertiary/aromatic N) is 2. The van der Waals surface area contributed by atoms with Gasteiger partial charge in [0.2, 0.25) is 11.0 Å². The summed E-state index contributed by atoms with van der Waals surface area (Å²) in [6, 6.07) is 0.347. The lowest BCUT2D eigenvalue weighted by Crippen LogP contribution is -2.41. The predicted octanol–water partition coefficient (Wildman–Crippen LogP) is 3.39. The molecule has 7 heteroatoms. The summed E-state index contributed by atoms with van der Waals surface area (Å²) >= 11 is 2.98. The highest BCUT2D eigenvalue weighted by Crippen LogP contribution is 2.26. The second-order valence-electron chi connectivity index (χ2n) is 6.37. The van der Waals surface area contributed by atoms with Crippen LogP contribution in [0.3, 0.4) is 0 Å². The van der Waals surface area contributed by atoms with Gasteiger partial charge in [0.25, 0.3) is 0 Å². The Balaban J connectivity index is 1.71. The number of carbonyl (C=O) groups is 1. The third-order valence-corrected chi connectivity index (χ3v) is 5.87. The molecule has 1 aliphatic rings. The fraction of sp³-hybridized carbons (Fsp3) is 0.800. The molecular weight excluding hydrogens is 316 g/mol. The highest BCUT2D eigenvalue weighted by Gasteiger charge is 2.22. The third kappa shape index (κ3) is 5.76. The normalized spacial score (nSPS) is 21.8. The maximum Gasteiger partial charge on any atom is 0.230 e. The molecule has 0 bridgehead atoms. The summed E-state index contributed by atoms with van der Waals surface area (Å²) in [7, 11) is 0. The molecule has 0 spiro atoms. The number of amides is 1. The first-order chi connectivity index (χ1) is 10.5. The van der Waals surface area contributed by atoms with Crippen molar-refractivity contribution in [3.63, 3.8) is 0 Å². The highest BCUT2D eigenvalue weighted by molar-refractivity contribution is 8.01. The topological polar surface area (TPSA) is 66.9 Å². The average Bonchev–Trinajstić information content (AvgIpc) is 2.93. The largest absolute Gasteiger partial charge is 0.360 e. The van der Waals surface area contributed by atoms with Gasteiger partial charge in [-0.2, -0.15) is 0 Å². The van der Waals surface area contributed by atoms with E-state index in [1.165, 1.54) is 42.4 Å². The van der Waals surface area contributed by atoms with Gasteiger partial charge in [0, 0.05) is 12.6 Å². The van der Waals surface area contributed by atoms with Crippen molar-refractivity contribution < 1.29 is 4.79 Å². The average molecular weight is 343 g/mol. The zero-order valence-corrected chi connectivity index (χ0v) is 15.2. The van der Waals surface area contributed by atoms with E-state index in [0.717, 1.165) is 22.4 Å². The van der Waals surface area contributed by atoms with E-state index in [-0.39, 0.29) is 5.91 Å². The van der Waals surface area contributed by atoms with E-state index in [1.54, 1.807) is 0 Å². The van der Waals surface area contributed by atoms with Crippen LogP contribution in [0.2, 0.25) is 0 Å². The van der Waals surface area contributed by atoms with Gasteiger partial charge in [-0.1, -0.05) is 56.7 Å². The van der Waals surface area contributed by atoms with Gasteiger partial charge in [0.1, 0.15) is 0 Å². The Labute approximate surface area is 141 Å². The van der Waals surface area contributed by atoms with Gasteiger partial charge in [0.05, 0.1) is 5.75 Å². The van der Waals surface area contributed by atoms with Crippen LogP contribution in [0, 0.1) is 11.8 Å². The Bertz CT molecular complexity index is 478. The van der Waals surface area contributed by atoms with Crippen molar-refractivity contribution in [3.05, 3.63) is 0 Å². The molecule has 0 radical (unpaired) electrons. The first-order valence-corrected chi connectivity index (χ1v) is 9.84. The zero-order valence-electron chi connectivity index (χ0n) is 13.6. The molecule has 0 aromatic carbocycles. The van der Waals surface area contributed by atoms with Crippen molar-refractivity contribution in [2.45, 2.75) is 56.8 Å². The molecule has 0 aliphatic heterocycles. The van der Waals surface area contributed by atoms with Crippen LogP contribution in [-0.2, 0) is 4.79 Å². The minimum absolute atomic E-state index is 0.107. The van der Waals surface area contributed by atoms with Crippen LogP contribution in [0.5, 0.6) is 0 Å². The standard InChI is InChI=1S/C15H26N4OS2/c1-10(2)8-16-14-18-19-15(22-14)21-9-13(20)17-12-7-5-4-6-11(12)3/h10-12H,4-9H2,1-3H3,(H,16,18)(H,17,20). The number of anilines is 1. The lowest BCUT2D eigenvalue weighted by atomic mass is 9.86. The third-order valence-electron chi connectivity index (χ3n) is 3.85. The highest BCUT2D eigenvalue weighted by atomic mass is 32.2. The Hall–Kier alpha value is -0.820. The van der Waals surface area contributed by atoms with Crippen molar-refractivity contribution in [2.24, 2.45) is 11.8 Å². The number of nitrogens with one attached hydrogen (secondary N) is 2. The van der Waals surface area contributed by atoms with E-state index >= 15 is 0 Å². The summed E-state index contributed by atoms with van der Waals surface area (Å²) in [5, 5.41) is 15.5. The molecule has 2 unspecified atom stereocenters. The van der Waals surface area contributed by atoms with E-state index in [2.05, 4.69) is 41.6 Å². The Morgan fingerprint density at radius 3 is 2.86 bits per heavy atom. The molecule has 1 heterocycles. The van der Waals surface area contributed by atoms with Gasteiger partial charge >= 0.3 is 0 Å². The number of hydrogen-bond acceptors (Lipinski definition) is 6. The van der Waals surface area contributed by atoms with Crippen LogP contribution in [0.15, 0.2) is 4.34 Å². The van der Waals surface area contributed by atoms with Crippen LogP contribution in [0.1, 0.15) is 46.5 Å². The van der Waals surface area contributed by atoms with Gasteiger partial charge in [-0.3, -0.25) is 4.79 Å².